The van der Waals surface area contributed by atoms with Gasteiger partial charge in [-0.2, -0.15) is 0 Å². The molecule has 5 unspecified atom stereocenters. The van der Waals surface area contributed by atoms with Crippen LogP contribution >= 0.6 is 0 Å². The Labute approximate surface area is 116 Å². The minimum absolute atomic E-state index is 0.000140. The lowest BCUT2D eigenvalue weighted by Gasteiger charge is -2.42. The second-order valence-electron chi connectivity index (χ2n) is 6.50. The van der Waals surface area contributed by atoms with Crippen LogP contribution in [-0.4, -0.2) is 51.2 Å². The Morgan fingerprint density at radius 1 is 1.21 bits per heavy atom. The molecule has 1 N–H and O–H groups in total. The lowest BCUT2D eigenvalue weighted by Crippen LogP contribution is -2.52. The average Bonchev–Trinajstić information content (AvgIpc) is 3.02. The van der Waals surface area contributed by atoms with Gasteiger partial charge >= 0.3 is 0 Å². The molecule has 0 radical (unpaired) electrons. The highest BCUT2D eigenvalue weighted by Gasteiger charge is 2.45. The molecule has 3 heterocycles. The van der Waals surface area contributed by atoms with Gasteiger partial charge in [-0.25, -0.2) is 0 Å². The zero-order valence-electron chi connectivity index (χ0n) is 12.2. The smallest absolute Gasteiger partial charge is 0.0939 e. The van der Waals surface area contributed by atoms with Gasteiger partial charge in [-0.05, 0) is 38.1 Å². The molecule has 4 nitrogen and oxygen atoms in total. The van der Waals surface area contributed by atoms with Crippen molar-refractivity contribution in [2.24, 2.45) is 11.8 Å². The largest absolute Gasteiger partial charge is 0.378 e. The fraction of sp³-hybridized carbons (Fsp3) is 1.00. The quantitative estimate of drug-likeness (QED) is 0.844. The van der Waals surface area contributed by atoms with E-state index < -0.39 is 0 Å². The fourth-order valence-electron chi connectivity index (χ4n) is 4.08. The van der Waals surface area contributed by atoms with Gasteiger partial charge in [0.15, 0.2) is 0 Å². The van der Waals surface area contributed by atoms with Crippen LogP contribution in [0.25, 0.3) is 0 Å². The third-order valence-electron chi connectivity index (χ3n) is 5.24. The standard InChI is InChI=1S/C15H27NO3/c1-11-3-6-18-14(11)13(16-2)12-4-7-19-15(9-12)5-8-17-10-15/h11-14,16H,3-10H2,1-2H3. The van der Waals surface area contributed by atoms with Crippen LogP contribution in [-0.2, 0) is 14.2 Å². The molecule has 0 amide bonds. The second kappa shape index (κ2) is 5.68. The highest BCUT2D eigenvalue weighted by Crippen LogP contribution is 2.39. The summed E-state index contributed by atoms with van der Waals surface area (Å²) in [7, 11) is 2.08. The molecule has 0 aliphatic carbocycles. The molecule has 1 spiro atoms. The summed E-state index contributed by atoms with van der Waals surface area (Å²) in [6, 6.07) is 0.457. The monoisotopic (exact) mass is 269 g/mol. The van der Waals surface area contributed by atoms with E-state index in [1.807, 2.05) is 0 Å². The summed E-state index contributed by atoms with van der Waals surface area (Å²) >= 11 is 0. The highest BCUT2D eigenvalue weighted by molar-refractivity contribution is 4.97. The highest BCUT2D eigenvalue weighted by atomic mass is 16.6. The lowest BCUT2D eigenvalue weighted by atomic mass is 9.77. The molecular weight excluding hydrogens is 242 g/mol. The van der Waals surface area contributed by atoms with Crippen molar-refractivity contribution < 1.29 is 14.2 Å². The Kier molecular flexibility index (Phi) is 4.13. The SMILES string of the molecule is CNC(C1CCOC2(CCOC2)C1)C1OCCC1C. The molecule has 110 valence electrons. The van der Waals surface area contributed by atoms with Crippen LogP contribution in [0.15, 0.2) is 0 Å². The number of rotatable bonds is 3. The van der Waals surface area contributed by atoms with Crippen molar-refractivity contribution >= 4 is 0 Å². The van der Waals surface area contributed by atoms with Crippen molar-refractivity contribution in [3.05, 3.63) is 0 Å². The predicted molar refractivity (Wildman–Crippen MR) is 73.2 cm³/mol. The van der Waals surface area contributed by atoms with Crippen LogP contribution in [0.5, 0.6) is 0 Å². The first-order chi connectivity index (χ1) is 9.24. The van der Waals surface area contributed by atoms with E-state index in [4.69, 9.17) is 14.2 Å². The van der Waals surface area contributed by atoms with Crippen LogP contribution in [0.4, 0.5) is 0 Å². The van der Waals surface area contributed by atoms with E-state index in [2.05, 4.69) is 19.3 Å². The maximum absolute atomic E-state index is 6.05. The molecule has 5 atom stereocenters. The van der Waals surface area contributed by atoms with Crippen molar-refractivity contribution in [3.63, 3.8) is 0 Å². The van der Waals surface area contributed by atoms with E-state index in [0.29, 0.717) is 24.0 Å². The van der Waals surface area contributed by atoms with Crippen LogP contribution in [0, 0.1) is 11.8 Å². The molecule has 19 heavy (non-hydrogen) atoms. The minimum atomic E-state index is -0.000140. The first kappa shape index (κ1) is 13.8. The van der Waals surface area contributed by atoms with E-state index in [1.165, 1.54) is 6.42 Å². The molecule has 0 aromatic rings. The third kappa shape index (κ3) is 2.68. The molecule has 0 bridgehead atoms. The van der Waals surface area contributed by atoms with E-state index in [1.54, 1.807) is 0 Å². The Bertz CT molecular complexity index is 304. The first-order valence-electron chi connectivity index (χ1n) is 7.75. The van der Waals surface area contributed by atoms with Gasteiger partial charge in [0.05, 0.1) is 18.3 Å². The van der Waals surface area contributed by atoms with E-state index in [9.17, 15) is 0 Å². The Morgan fingerprint density at radius 3 is 2.74 bits per heavy atom. The van der Waals surface area contributed by atoms with Crippen LogP contribution in [0.2, 0.25) is 0 Å². The first-order valence-corrected chi connectivity index (χ1v) is 7.75. The van der Waals surface area contributed by atoms with Crippen LogP contribution in [0.1, 0.15) is 32.6 Å². The van der Waals surface area contributed by atoms with Crippen molar-refractivity contribution in [1.29, 1.82) is 0 Å². The van der Waals surface area contributed by atoms with Gasteiger partial charge in [-0.15, -0.1) is 0 Å². The van der Waals surface area contributed by atoms with Crippen LogP contribution in [0.3, 0.4) is 0 Å². The average molecular weight is 269 g/mol. The summed E-state index contributed by atoms with van der Waals surface area (Å²) in [6.45, 7) is 5.73. The van der Waals surface area contributed by atoms with Gasteiger partial charge < -0.3 is 19.5 Å². The molecular formula is C15H27NO3. The van der Waals surface area contributed by atoms with Gasteiger partial charge in [0.25, 0.3) is 0 Å². The van der Waals surface area contributed by atoms with Gasteiger partial charge in [0.2, 0.25) is 0 Å². The number of hydrogen-bond donors (Lipinski definition) is 1. The van der Waals surface area contributed by atoms with Gasteiger partial charge in [-0.3, -0.25) is 0 Å². The normalized spacial score (nSPS) is 44.8. The van der Waals surface area contributed by atoms with E-state index in [0.717, 1.165) is 45.7 Å². The molecule has 3 aliphatic heterocycles. The maximum Gasteiger partial charge on any atom is 0.0939 e. The number of hydrogen-bond acceptors (Lipinski definition) is 4. The van der Waals surface area contributed by atoms with Gasteiger partial charge in [0.1, 0.15) is 0 Å². The Balaban J connectivity index is 1.68. The number of likely N-dealkylation sites (N-methyl/N-ethyl adjacent to an activating group) is 1. The maximum atomic E-state index is 6.05. The van der Waals surface area contributed by atoms with Crippen molar-refractivity contribution in [2.75, 3.05) is 33.5 Å². The lowest BCUT2D eigenvalue weighted by molar-refractivity contribution is -0.111. The van der Waals surface area contributed by atoms with E-state index >= 15 is 0 Å². The predicted octanol–water partition coefficient (Wildman–Crippen LogP) is 1.59. The minimum Gasteiger partial charge on any atom is -0.378 e. The number of nitrogens with one attached hydrogen (secondary N) is 1. The van der Waals surface area contributed by atoms with Gasteiger partial charge in [-0.1, -0.05) is 6.92 Å². The topological polar surface area (TPSA) is 39.7 Å². The van der Waals surface area contributed by atoms with Gasteiger partial charge in [0, 0.05) is 32.3 Å². The van der Waals surface area contributed by atoms with E-state index in [-0.39, 0.29) is 5.60 Å². The Hall–Kier alpha value is -0.160. The molecule has 0 aromatic carbocycles. The van der Waals surface area contributed by atoms with Crippen molar-refractivity contribution in [3.8, 4) is 0 Å². The van der Waals surface area contributed by atoms with Crippen LogP contribution < -0.4 is 5.32 Å². The summed E-state index contributed by atoms with van der Waals surface area (Å²) in [5.41, 5.74) is -0.000140. The molecule has 3 rings (SSSR count). The molecule has 3 fully saturated rings. The summed E-state index contributed by atoms with van der Waals surface area (Å²) < 4.78 is 17.6. The Morgan fingerprint density at radius 2 is 2.11 bits per heavy atom. The third-order valence-corrected chi connectivity index (χ3v) is 5.24. The molecule has 3 saturated heterocycles. The van der Waals surface area contributed by atoms with Crippen molar-refractivity contribution in [2.45, 2.75) is 50.4 Å². The summed E-state index contributed by atoms with van der Waals surface area (Å²) in [5, 5.41) is 3.53. The fourth-order valence-corrected chi connectivity index (χ4v) is 4.08. The van der Waals surface area contributed by atoms with Crippen molar-refractivity contribution in [1.82, 2.24) is 5.32 Å². The molecule has 4 heteroatoms. The molecule has 0 saturated carbocycles. The number of ether oxygens (including phenoxy) is 3. The summed E-state index contributed by atoms with van der Waals surface area (Å²) in [6.07, 6.45) is 4.87. The summed E-state index contributed by atoms with van der Waals surface area (Å²) in [4.78, 5) is 0. The second-order valence-corrected chi connectivity index (χ2v) is 6.50. The zero-order valence-corrected chi connectivity index (χ0v) is 12.2. The molecule has 3 aliphatic rings. The molecule has 0 aromatic heterocycles. The zero-order chi connectivity index (χ0) is 13.3. The summed E-state index contributed by atoms with van der Waals surface area (Å²) in [5.74, 6) is 1.31.